The van der Waals surface area contributed by atoms with Gasteiger partial charge in [0.05, 0.1) is 23.0 Å². The summed E-state index contributed by atoms with van der Waals surface area (Å²) in [5.74, 6) is 0. The van der Waals surface area contributed by atoms with Crippen LogP contribution in [0.15, 0.2) is 42.5 Å². The van der Waals surface area contributed by atoms with Crippen molar-refractivity contribution in [2.45, 2.75) is 13.2 Å². The lowest BCUT2D eigenvalue weighted by molar-refractivity contribution is 0.281. The maximum Gasteiger partial charge on any atom is 0.0765 e. The van der Waals surface area contributed by atoms with Gasteiger partial charge in [0.15, 0.2) is 0 Å². The Kier molecular flexibility index (Phi) is 4.07. The van der Waals surface area contributed by atoms with Crippen LogP contribution in [0.1, 0.15) is 11.1 Å². The standard InChI is InChI=1S/C14H15ClN2O/c15-12-5-2-6-13(16)14(12)17-8-10-3-1-4-11(7-10)9-18/h1-7,17-18H,8-9,16H2. The Morgan fingerprint density at radius 1 is 1.11 bits per heavy atom. The van der Waals surface area contributed by atoms with Gasteiger partial charge >= 0.3 is 0 Å². The highest BCUT2D eigenvalue weighted by Crippen LogP contribution is 2.28. The van der Waals surface area contributed by atoms with E-state index in [2.05, 4.69) is 5.32 Å². The SMILES string of the molecule is Nc1cccc(Cl)c1NCc1cccc(CO)c1. The molecule has 94 valence electrons. The maximum atomic E-state index is 9.07. The van der Waals surface area contributed by atoms with Crippen LogP contribution in [-0.2, 0) is 13.2 Å². The molecule has 0 radical (unpaired) electrons. The van der Waals surface area contributed by atoms with Crippen LogP contribution in [0.2, 0.25) is 5.02 Å². The second-order valence-corrected chi connectivity index (χ2v) is 4.44. The number of nitrogen functional groups attached to an aromatic ring is 1. The van der Waals surface area contributed by atoms with E-state index in [9.17, 15) is 0 Å². The Morgan fingerprint density at radius 2 is 1.83 bits per heavy atom. The van der Waals surface area contributed by atoms with E-state index >= 15 is 0 Å². The zero-order valence-corrected chi connectivity index (χ0v) is 10.6. The molecule has 0 amide bonds. The van der Waals surface area contributed by atoms with E-state index in [-0.39, 0.29) is 6.61 Å². The smallest absolute Gasteiger partial charge is 0.0765 e. The number of aliphatic hydroxyl groups is 1. The molecule has 18 heavy (non-hydrogen) atoms. The number of hydrogen-bond donors (Lipinski definition) is 3. The van der Waals surface area contributed by atoms with Gasteiger partial charge in [0, 0.05) is 6.54 Å². The van der Waals surface area contributed by atoms with Gasteiger partial charge < -0.3 is 16.2 Å². The van der Waals surface area contributed by atoms with Crippen molar-refractivity contribution in [3.05, 3.63) is 58.6 Å². The van der Waals surface area contributed by atoms with Crippen molar-refractivity contribution in [3.63, 3.8) is 0 Å². The Balaban J connectivity index is 2.11. The largest absolute Gasteiger partial charge is 0.397 e. The van der Waals surface area contributed by atoms with E-state index in [1.807, 2.05) is 30.3 Å². The van der Waals surface area contributed by atoms with Crippen LogP contribution in [-0.4, -0.2) is 5.11 Å². The molecular formula is C14H15ClN2O. The average Bonchev–Trinajstić information content (AvgIpc) is 2.38. The van der Waals surface area contributed by atoms with E-state index in [1.165, 1.54) is 0 Å². The third-order valence-corrected chi connectivity index (χ3v) is 3.00. The van der Waals surface area contributed by atoms with Crippen molar-refractivity contribution in [2.75, 3.05) is 11.1 Å². The Labute approximate surface area is 111 Å². The van der Waals surface area contributed by atoms with Crippen molar-refractivity contribution in [1.29, 1.82) is 0 Å². The van der Waals surface area contributed by atoms with E-state index in [0.29, 0.717) is 17.3 Å². The van der Waals surface area contributed by atoms with Crippen molar-refractivity contribution in [3.8, 4) is 0 Å². The summed E-state index contributed by atoms with van der Waals surface area (Å²) in [6, 6.07) is 13.1. The van der Waals surface area contributed by atoms with E-state index in [0.717, 1.165) is 16.8 Å². The second kappa shape index (κ2) is 5.76. The average molecular weight is 263 g/mol. The lowest BCUT2D eigenvalue weighted by atomic mass is 10.1. The fraction of sp³-hybridized carbons (Fsp3) is 0.143. The molecule has 2 aromatic rings. The lowest BCUT2D eigenvalue weighted by Gasteiger charge is -2.11. The predicted octanol–water partition coefficient (Wildman–Crippen LogP) is 3.03. The van der Waals surface area contributed by atoms with Crippen LogP contribution >= 0.6 is 11.6 Å². The molecule has 0 aromatic heterocycles. The van der Waals surface area contributed by atoms with Gasteiger partial charge in [-0.15, -0.1) is 0 Å². The number of hydrogen-bond acceptors (Lipinski definition) is 3. The van der Waals surface area contributed by atoms with Gasteiger partial charge in [-0.2, -0.15) is 0 Å². The molecule has 0 atom stereocenters. The highest BCUT2D eigenvalue weighted by atomic mass is 35.5. The summed E-state index contributed by atoms with van der Waals surface area (Å²) in [5, 5.41) is 12.9. The minimum Gasteiger partial charge on any atom is -0.397 e. The van der Waals surface area contributed by atoms with Crippen LogP contribution < -0.4 is 11.1 Å². The fourth-order valence-electron chi connectivity index (χ4n) is 1.76. The van der Waals surface area contributed by atoms with Crippen molar-refractivity contribution in [1.82, 2.24) is 0 Å². The zero-order chi connectivity index (χ0) is 13.0. The van der Waals surface area contributed by atoms with Gasteiger partial charge in [0.2, 0.25) is 0 Å². The molecule has 4 heteroatoms. The quantitative estimate of drug-likeness (QED) is 0.743. The number of halogens is 1. The molecule has 0 saturated heterocycles. The summed E-state index contributed by atoms with van der Waals surface area (Å²) >= 11 is 6.07. The highest BCUT2D eigenvalue weighted by molar-refractivity contribution is 6.33. The normalized spacial score (nSPS) is 10.3. The summed E-state index contributed by atoms with van der Waals surface area (Å²) < 4.78 is 0. The number of nitrogens with one attached hydrogen (secondary N) is 1. The van der Waals surface area contributed by atoms with Crippen LogP contribution in [0.5, 0.6) is 0 Å². The van der Waals surface area contributed by atoms with Gasteiger partial charge in [-0.05, 0) is 23.3 Å². The van der Waals surface area contributed by atoms with Crippen molar-refractivity contribution >= 4 is 23.0 Å². The van der Waals surface area contributed by atoms with Crippen LogP contribution in [0.3, 0.4) is 0 Å². The number of nitrogens with two attached hydrogens (primary N) is 1. The second-order valence-electron chi connectivity index (χ2n) is 4.04. The number of aliphatic hydroxyl groups excluding tert-OH is 1. The Morgan fingerprint density at radius 3 is 2.56 bits per heavy atom. The first-order chi connectivity index (χ1) is 8.70. The molecule has 0 unspecified atom stereocenters. The van der Waals surface area contributed by atoms with Crippen LogP contribution in [0.4, 0.5) is 11.4 Å². The summed E-state index contributed by atoms with van der Waals surface area (Å²) in [5.41, 5.74) is 9.18. The maximum absolute atomic E-state index is 9.07. The van der Waals surface area contributed by atoms with Gasteiger partial charge in [-0.25, -0.2) is 0 Å². The molecule has 0 spiro atoms. The van der Waals surface area contributed by atoms with Gasteiger partial charge in [-0.3, -0.25) is 0 Å². The molecule has 2 rings (SSSR count). The molecule has 3 nitrogen and oxygen atoms in total. The number of rotatable bonds is 4. The predicted molar refractivity (Wildman–Crippen MR) is 75.6 cm³/mol. The zero-order valence-electron chi connectivity index (χ0n) is 9.86. The number of para-hydroxylation sites is 1. The van der Waals surface area contributed by atoms with Gasteiger partial charge in [0.25, 0.3) is 0 Å². The minimum absolute atomic E-state index is 0.0437. The van der Waals surface area contributed by atoms with Crippen molar-refractivity contribution < 1.29 is 5.11 Å². The first-order valence-electron chi connectivity index (χ1n) is 5.67. The highest BCUT2D eigenvalue weighted by Gasteiger charge is 2.03. The van der Waals surface area contributed by atoms with E-state index in [1.54, 1.807) is 12.1 Å². The summed E-state index contributed by atoms with van der Waals surface area (Å²) in [4.78, 5) is 0. The Bertz CT molecular complexity index is 523. The fourth-order valence-corrected chi connectivity index (χ4v) is 2.00. The minimum atomic E-state index is 0.0437. The third-order valence-electron chi connectivity index (χ3n) is 2.69. The molecule has 0 fully saturated rings. The van der Waals surface area contributed by atoms with Gasteiger partial charge in [-0.1, -0.05) is 41.9 Å². The van der Waals surface area contributed by atoms with E-state index < -0.39 is 0 Å². The summed E-state index contributed by atoms with van der Waals surface area (Å²) in [6.45, 7) is 0.657. The molecule has 0 aliphatic heterocycles. The van der Waals surface area contributed by atoms with Gasteiger partial charge in [0.1, 0.15) is 0 Å². The molecule has 0 heterocycles. The molecule has 0 saturated carbocycles. The van der Waals surface area contributed by atoms with Crippen LogP contribution in [0.25, 0.3) is 0 Å². The molecule has 0 aliphatic carbocycles. The summed E-state index contributed by atoms with van der Waals surface area (Å²) in [6.07, 6.45) is 0. The Hall–Kier alpha value is -1.71. The molecule has 4 N–H and O–H groups in total. The van der Waals surface area contributed by atoms with E-state index in [4.69, 9.17) is 22.4 Å². The number of anilines is 2. The monoisotopic (exact) mass is 262 g/mol. The first-order valence-corrected chi connectivity index (χ1v) is 6.05. The summed E-state index contributed by atoms with van der Waals surface area (Å²) in [7, 11) is 0. The lowest BCUT2D eigenvalue weighted by Crippen LogP contribution is -2.03. The topological polar surface area (TPSA) is 58.3 Å². The van der Waals surface area contributed by atoms with Crippen molar-refractivity contribution in [2.24, 2.45) is 0 Å². The first kappa shape index (κ1) is 12.7. The number of benzene rings is 2. The third kappa shape index (κ3) is 2.94. The molecule has 0 aliphatic rings. The molecular weight excluding hydrogens is 248 g/mol. The molecule has 2 aromatic carbocycles. The van der Waals surface area contributed by atoms with Crippen LogP contribution in [0, 0.1) is 0 Å². The molecule has 0 bridgehead atoms.